The Kier molecular flexibility index (Phi) is 13.9. The average molecular weight is 467 g/mol. The fourth-order valence-corrected chi connectivity index (χ4v) is 7.17. The first-order valence-corrected chi connectivity index (χ1v) is 14.8. The van der Waals surface area contributed by atoms with Crippen LogP contribution in [0.15, 0.2) is 44.4 Å². The van der Waals surface area contributed by atoms with Gasteiger partial charge in [-0.25, -0.2) is 0 Å². The lowest BCUT2D eigenvalue weighted by Crippen LogP contribution is -1.83. The lowest BCUT2D eigenvalue weighted by Gasteiger charge is -2.02. The molecular weight excluding hydrogens is 433 g/mol. The Balaban J connectivity index is 1.50. The Morgan fingerprint density at radius 1 is 0.862 bits per heavy atom. The molecule has 0 bridgehead atoms. The Hall–Kier alpha value is -0.430. The minimum Gasteiger partial charge on any atom is -0.130 e. The fourth-order valence-electron chi connectivity index (χ4n) is 2.93. The number of benzene rings is 1. The number of nitrogens with zero attached hydrogens (tertiary/aromatic N) is 2. The smallest absolute Gasteiger partial charge is 0.130 e. The summed E-state index contributed by atoms with van der Waals surface area (Å²) in [7, 11) is 3.70. The third-order valence-electron chi connectivity index (χ3n) is 4.67. The Morgan fingerprint density at radius 3 is 2.17 bits per heavy atom. The van der Waals surface area contributed by atoms with Crippen LogP contribution in [0.25, 0.3) is 5.57 Å². The van der Waals surface area contributed by atoms with Crippen molar-refractivity contribution in [2.45, 2.75) is 86.7 Å². The zero-order valence-electron chi connectivity index (χ0n) is 17.8. The Morgan fingerprint density at radius 2 is 1.48 bits per heavy atom. The van der Waals surface area contributed by atoms with Crippen LogP contribution in [0.3, 0.4) is 0 Å². The highest BCUT2D eigenvalue weighted by atomic mass is 33.1. The number of thioether (sulfide) groups is 1. The van der Waals surface area contributed by atoms with Gasteiger partial charge in [0.1, 0.15) is 0 Å². The van der Waals surface area contributed by atoms with Crippen molar-refractivity contribution < 1.29 is 0 Å². The zero-order valence-corrected chi connectivity index (χ0v) is 21.0. The summed E-state index contributed by atoms with van der Waals surface area (Å²) in [6, 6.07) is 10.5. The highest BCUT2D eigenvalue weighted by molar-refractivity contribution is 8.77. The molecule has 0 saturated carbocycles. The van der Waals surface area contributed by atoms with Crippen LogP contribution in [0.2, 0.25) is 0 Å². The molecule has 0 aliphatic heterocycles. The second-order valence-corrected chi connectivity index (χ2v) is 12.0. The Bertz CT molecular complexity index is 685. The van der Waals surface area contributed by atoms with E-state index in [1.165, 1.54) is 81.1 Å². The fraction of sp³-hybridized carbons (Fsp3) is 0.565. The lowest BCUT2D eigenvalue weighted by atomic mass is 10.1. The standard InChI is InChI=1S/C23H34N2S4/c1-3-4-5-6-7-8-9-10-11-15-18-27-29-23-25-24-22(28-23)26-19-20(2)21-16-13-12-14-17-21/h12-14,16-17,19H,3-11,15,18H2,1-2H3. The molecule has 1 aromatic carbocycles. The Labute approximate surface area is 193 Å². The largest absolute Gasteiger partial charge is 0.185 e. The van der Waals surface area contributed by atoms with Crippen LogP contribution in [0, 0.1) is 0 Å². The highest BCUT2D eigenvalue weighted by Gasteiger charge is 2.05. The van der Waals surface area contributed by atoms with Crippen LogP contribution in [0.5, 0.6) is 0 Å². The summed E-state index contributed by atoms with van der Waals surface area (Å²) < 4.78 is 2.08. The van der Waals surface area contributed by atoms with E-state index < -0.39 is 0 Å². The van der Waals surface area contributed by atoms with Gasteiger partial charge in [0.25, 0.3) is 0 Å². The van der Waals surface area contributed by atoms with Gasteiger partial charge in [-0.15, -0.1) is 10.2 Å². The molecular formula is C23H34N2S4. The predicted molar refractivity (Wildman–Crippen MR) is 136 cm³/mol. The van der Waals surface area contributed by atoms with Crippen LogP contribution in [0.1, 0.15) is 83.6 Å². The number of unbranched alkanes of at least 4 members (excludes halogenated alkanes) is 9. The van der Waals surface area contributed by atoms with Gasteiger partial charge in [0.05, 0.1) is 0 Å². The van der Waals surface area contributed by atoms with Crippen molar-refractivity contribution in [3.05, 3.63) is 41.3 Å². The molecule has 2 rings (SSSR count). The first-order valence-electron chi connectivity index (χ1n) is 10.8. The van der Waals surface area contributed by atoms with Gasteiger partial charge in [0.15, 0.2) is 8.68 Å². The summed E-state index contributed by atoms with van der Waals surface area (Å²) in [5.41, 5.74) is 2.52. The minimum absolute atomic E-state index is 1.02. The molecule has 2 nitrogen and oxygen atoms in total. The number of rotatable bonds is 16. The first kappa shape index (κ1) is 24.8. The van der Waals surface area contributed by atoms with Crippen LogP contribution in [-0.4, -0.2) is 16.0 Å². The van der Waals surface area contributed by atoms with E-state index in [0.29, 0.717) is 0 Å². The van der Waals surface area contributed by atoms with E-state index in [1.807, 2.05) is 16.9 Å². The maximum atomic E-state index is 4.32. The monoisotopic (exact) mass is 466 g/mol. The van der Waals surface area contributed by atoms with E-state index in [9.17, 15) is 0 Å². The van der Waals surface area contributed by atoms with Crippen LogP contribution in [-0.2, 0) is 0 Å². The van der Waals surface area contributed by atoms with Crippen molar-refractivity contribution in [1.82, 2.24) is 10.2 Å². The first-order chi connectivity index (χ1) is 14.3. The van der Waals surface area contributed by atoms with Gasteiger partial charge in [0, 0.05) is 5.75 Å². The lowest BCUT2D eigenvalue weighted by molar-refractivity contribution is 0.563. The van der Waals surface area contributed by atoms with Crippen molar-refractivity contribution in [3.63, 3.8) is 0 Å². The molecule has 0 saturated heterocycles. The molecule has 0 aliphatic rings. The maximum absolute atomic E-state index is 4.32. The third-order valence-corrected chi connectivity index (χ3v) is 9.41. The van der Waals surface area contributed by atoms with E-state index in [1.54, 1.807) is 33.9 Å². The molecule has 0 N–H and O–H groups in total. The summed E-state index contributed by atoms with van der Waals surface area (Å²) in [6.45, 7) is 4.42. The van der Waals surface area contributed by atoms with Gasteiger partial charge < -0.3 is 0 Å². The maximum Gasteiger partial charge on any atom is 0.185 e. The van der Waals surface area contributed by atoms with Gasteiger partial charge in [-0.2, -0.15) is 0 Å². The predicted octanol–water partition coefficient (Wildman–Crippen LogP) is 9.35. The summed E-state index contributed by atoms with van der Waals surface area (Å²) in [6.07, 6.45) is 14.0. The van der Waals surface area contributed by atoms with Crippen LogP contribution in [0.4, 0.5) is 0 Å². The molecule has 29 heavy (non-hydrogen) atoms. The number of aromatic nitrogens is 2. The average Bonchev–Trinajstić information content (AvgIpc) is 3.21. The highest BCUT2D eigenvalue weighted by Crippen LogP contribution is 2.37. The molecule has 0 aliphatic carbocycles. The van der Waals surface area contributed by atoms with Gasteiger partial charge in [0.2, 0.25) is 0 Å². The van der Waals surface area contributed by atoms with Crippen LogP contribution >= 0.6 is 44.7 Å². The summed E-state index contributed by atoms with van der Waals surface area (Å²) >= 11 is 3.36. The van der Waals surface area contributed by atoms with Gasteiger partial charge >= 0.3 is 0 Å². The SMILES string of the molecule is CCCCCCCCCCCCSSc1nnc(SC=C(C)c2ccccc2)s1. The second-order valence-electron chi connectivity index (χ2n) is 7.21. The molecule has 0 atom stereocenters. The van der Waals surface area contributed by atoms with E-state index in [4.69, 9.17) is 0 Å². The molecule has 0 unspecified atom stereocenters. The van der Waals surface area contributed by atoms with Gasteiger partial charge in [-0.1, -0.05) is 129 Å². The molecule has 2 aromatic rings. The van der Waals surface area contributed by atoms with Crippen molar-refractivity contribution in [2.75, 3.05) is 5.75 Å². The van der Waals surface area contributed by atoms with Gasteiger partial charge in [-0.3, -0.25) is 0 Å². The number of hydrogen-bond acceptors (Lipinski definition) is 6. The zero-order chi connectivity index (χ0) is 20.6. The van der Waals surface area contributed by atoms with Crippen molar-refractivity contribution >= 4 is 50.3 Å². The molecule has 0 amide bonds. The van der Waals surface area contributed by atoms with Crippen molar-refractivity contribution in [3.8, 4) is 0 Å². The minimum atomic E-state index is 1.02. The van der Waals surface area contributed by atoms with Crippen molar-refractivity contribution in [1.29, 1.82) is 0 Å². The molecule has 0 spiro atoms. The molecule has 160 valence electrons. The van der Waals surface area contributed by atoms with Crippen LogP contribution < -0.4 is 0 Å². The number of allylic oxidation sites excluding steroid dienone is 1. The molecule has 0 fully saturated rings. The molecule has 1 heterocycles. The quantitative estimate of drug-likeness (QED) is 0.139. The van der Waals surface area contributed by atoms with Crippen molar-refractivity contribution in [2.24, 2.45) is 0 Å². The summed E-state index contributed by atoms with van der Waals surface area (Å²) in [5, 5.41) is 10.8. The van der Waals surface area contributed by atoms with Gasteiger partial charge in [-0.05, 0) is 40.7 Å². The van der Waals surface area contributed by atoms with E-state index in [2.05, 4.69) is 53.7 Å². The number of hydrogen-bond donors (Lipinski definition) is 0. The van der Waals surface area contributed by atoms with E-state index in [0.717, 1.165) is 8.68 Å². The van der Waals surface area contributed by atoms with E-state index in [-0.39, 0.29) is 0 Å². The third kappa shape index (κ3) is 11.5. The topological polar surface area (TPSA) is 25.8 Å². The molecule has 1 aromatic heterocycles. The summed E-state index contributed by atoms with van der Waals surface area (Å²) in [5.74, 6) is 1.20. The molecule has 6 heteroatoms. The molecule has 0 radical (unpaired) electrons. The second kappa shape index (κ2) is 16.3. The summed E-state index contributed by atoms with van der Waals surface area (Å²) in [4.78, 5) is 0. The normalized spacial score (nSPS) is 11.9. The van der Waals surface area contributed by atoms with E-state index >= 15 is 0 Å².